The highest BCUT2D eigenvalue weighted by Gasteiger charge is 2.30. The van der Waals surface area contributed by atoms with Crippen LogP contribution in [0, 0.1) is 0 Å². The molecule has 0 aromatic carbocycles. The Morgan fingerprint density at radius 3 is 2.61 bits per heavy atom. The number of piperidine rings is 1. The Bertz CT molecular complexity index is 243. The lowest BCUT2D eigenvalue weighted by molar-refractivity contribution is -0.137. The van der Waals surface area contributed by atoms with Gasteiger partial charge in [0.25, 0.3) is 0 Å². The summed E-state index contributed by atoms with van der Waals surface area (Å²) in [4.78, 5) is 14.4. The molecule has 1 heterocycles. The third-order valence-electron chi connectivity index (χ3n) is 4.08. The van der Waals surface area contributed by atoms with Crippen molar-refractivity contribution < 1.29 is 4.79 Å². The van der Waals surface area contributed by atoms with E-state index in [-0.39, 0.29) is 6.04 Å². The van der Waals surface area contributed by atoms with Crippen LogP contribution in [0.2, 0.25) is 0 Å². The molecule has 1 saturated heterocycles. The van der Waals surface area contributed by atoms with Crippen molar-refractivity contribution in [1.82, 2.24) is 4.90 Å². The maximum absolute atomic E-state index is 12.3. The Balaban J connectivity index is 2.33. The molecule has 2 unspecified atom stereocenters. The molecule has 2 N–H and O–H groups in total. The van der Waals surface area contributed by atoms with Crippen LogP contribution in [0.25, 0.3) is 0 Å². The van der Waals surface area contributed by atoms with Crippen LogP contribution in [0.5, 0.6) is 0 Å². The van der Waals surface area contributed by atoms with Crippen molar-refractivity contribution in [2.75, 3.05) is 6.54 Å². The number of unbranched alkanes of at least 4 members (excludes halogenated alkanes) is 4. The zero-order valence-corrected chi connectivity index (χ0v) is 12.2. The summed E-state index contributed by atoms with van der Waals surface area (Å²) < 4.78 is 0. The van der Waals surface area contributed by atoms with Gasteiger partial charge in [0.05, 0.1) is 0 Å². The van der Waals surface area contributed by atoms with E-state index in [2.05, 4.69) is 18.7 Å². The van der Waals surface area contributed by atoms with E-state index in [4.69, 9.17) is 5.73 Å². The maximum atomic E-state index is 12.3. The van der Waals surface area contributed by atoms with Gasteiger partial charge >= 0.3 is 0 Å². The largest absolute Gasteiger partial charge is 0.336 e. The molecule has 0 aromatic heterocycles. The third kappa shape index (κ3) is 4.60. The number of nitrogens with two attached hydrogens (primary N) is 1. The maximum Gasteiger partial charge on any atom is 0.223 e. The number of rotatable bonds is 7. The molecule has 18 heavy (non-hydrogen) atoms. The van der Waals surface area contributed by atoms with Crippen LogP contribution >= 0.6 is 0 Å². The van der Waals surface area contributed by atoms with E-state index in [9.17, 15) is 4.79 Å². The van der Waals surface area contributed by atoms with Crippen LogP contribution in [0.4, 0.5) is 0 Å². The highest BCUT2D eigenvalue weighted by molar-refractivity contribution is 5.77. The molecule has 0 aromatic rings. The Labute approximate surface area is 112 Å². The molecule has 1 fully saturated rings. The first-order valence-electron chi connectivity index (χ1n) is 7.72. The number of carbonyl (C=O) groups excluding carboxylic acids is 1. The lowest BCUT2D eigenvalue weighted by atomic mass is 9.95. The quantitative estimate of drug-likeness (QED) is 0.710. The fourth-order valence-corrected chi connectivity index (χ4v) is 2.98. The molecule has 1 amide bonds. The third-order valence-corrected chi connectivity index (χ3v) is 4.08. The van der Waals surface area contributed by atoms with Gasteiger partial charge in [0.15, 0.2) is 0 Å². The van der Waals surface area contributed by atoms with Gasteiger partial charge in [-0.1, -0.05) is 32.6 Å². The van der Waals surface area contributed by atoms with Crippen molar-refractivity contribution in [3.05, 3.63) is 0 Å². The number of amides is 1. The zero-order valence-electron chi connectivity index (χ0n) is 12.2. The van der Waals surface area contributed by atoms with Crippen molar-refractivity contribution in [3.8, 4) is 0 Å². The molecule has 0 spiro atoms. The molecule has 3 heteroatoms. The van der Waals surface area contributed by atoms with Crippen molar-refractivity contribution >= 4 is 5.91 Å². The average Bonchev–Trinajstić information content (AvgIpc) is 2.37. The molecule has 3 nitrogen and oxygen atoms in total. The highest BCUT2D eigenvalue weighted by Crippen LogP contribution is 2.23. The summed E-state index contributed by atoms with van der Waals surface area (Å²) in [5.41, 5.74) is 5.79. The van der Waals surface area contributed by atoms with Crippen LogP contribution in [-0.2, 0) is 4.79 Å². The summed E-state index contributed by atoms with van der Waals surface area (Å²) in [7, 11) is 0. The second-order valence-electron chi connectivity index (χ2n) is 5.63. The van der Waals surface area contributed by atoms with Crippen LogP contribution in [-0.4, -0.2) is 29.4 Å². The SMILES string of the molecule is CCCCCCCC(=O)N1C(C)CCCC1CN. The van der Waals surface area contributed by atoms with E-state index < -0.39 is 0 Å². The van der Waals surface area contributed by atoms with E-state index in [0.717, 1.165) is 19.3 Å². The van der Waals surface area contributed by atoms with Crippen molar-refractivity contribution in [1.29, 1.82) is 0 Å². The van der Waals surface area contributed by atoms with E-state index in [1.807, 2.05) is 0 Å². The summed E-state index contributed by atoms with van der Waals surface area (Å²) in [5.74, 6) is 0.328. The number of likely N-dealkylation sites (tertiary alicyclic amines) is 1. The molecule has 0 bridgehead atoms. The summed E-state index contributed by atoms with van der Waals surface area (Å²) >= 11 is 0. The number of hydrogen-bond acceptors (Lipinski definition) is 2. The van der Waals surface area contributed by atoms with Gasteiger partial charge < -0.3 is 10.6 Å². The number of hydrogen-bond donors (Lipinski definition) is 1. The molecule has 0 radical (unpaired) electrons. The van der Waals surface area contributed by atoms with Crippen LogP contribution in [0.1, 0.15) is 71.6 Å². The van der Waals surface area contributed by atoms with Crippen LogP contribution < -0.4 is 5.73 Å². The first-order chi connectivity index (χ1) is 8.70. The van der Waals surface area contributed by atoms with Crippen LogP contribution in [0.15, 0.2) is 0 Å². The Morgan fingerprint density at radius 2 is 1.94 bits per heavy atom. The van der Waals surface area contributed by atoms with Gasteiger partial charge in [-0.2, -0.15) is 0 Å². The van der Waals surface area contributed by atoms with Gasteiger partial charge in [-0.25, -0.2) is 0 Å². The first-order valence-corrected chi connectivity index (χ1v) is 7.72. The molecular weight excluding hydrogens is 224 g/mol. The average molecular weight is 254 g/mol. The lowest BCUT2D eigenvalue weighted by Gasteiger charge is -2.40. The second kappa shape index (κ2) is 8.52. The summed E-state index contributed by atoms with van der Waals surface area (Å²) in [6, 6.07) is 0.673. The molecule has 2 atom stereocenters. The van der Waals surface area contributed by atoms with E-state index in [1.165, 1.54) is 32.1 Å². The predicted octanol–water partition coefficient (Wildman–Crippen LogP) is 3.08. The minimum absolute atomic E-state index is 0.289. The highest BCUT2D eigenvalue weighted by atomic mass is 16.2. The summed E-state index contributed by atoms with van der Waals surface area (Å²) in [5, 5.41) is 0. The standard InChI is InChI=1S/C15H30N2O/c1-3-4-5-6-7-11-15(18)17-13(2)9-8-10-14(17)12-16/h13-14H,3-12,16H2,1-2H3. The lowest BCUT2D eigenvalue weighted by Crippen LogP contribution is -2.51. The Morgan fingerprint density at radius 1 is 1.22 bits per heavy atom. The van der Waals surface area contributed by atoms with Crippen LogP contribution in [0.3, 0.4) is 0 Å². The molecule has 1 aliphatic rings. The van der Waals surface area contributed by atoms with Gasteiger partial charge in [0.2, 0.25) is 5.91 Å². The Kier molecular flexibility index (Phi) is 7.33. The minimum Gasteiger partial charge on any atom is -0.336 e. The second-order valence-corrected chi connectivity index (χ2v) is 5.63. The van der Waals surface area contributed by atoms with E-state index in [0.29, 0.717) is 24.9 Å². The smallest absolute Gasteiger partial charge is 0.223 e. The molecular formula is C15H30N2O. The van der Waals surface area contributed by atoms with Crippen molar-refractivity contribution in [2.24, 2.45) is 5.73 Å². The monoisotopic (exact) mass is 254 g/mol. The predicted molar refractivity (Wildman–Crippen MR) is 76.4 cm³/mol. The molecule has 0 aliphatic carbocycles. The first kappa shape index (κ1) is 15.5. The van der Waals surface area contributed by atoms with Crippen molar-refractivity contribution in [3.63, 3.8) is 0 Å². The normalized spacial score (nSPS) is 24.3. The van der Waals surface area contributed by atoms with Gasteiger partial charge in [-0.05, 0) is 32.6 Å². The minimum atomic E-state index is 0.289. The van der Waals surface area contributed by atoms with Gasteiger partial charge in [0.1, 0.15) is 0 Å². The van der Waals surface area contributed by atoms with Gasteiger partial charge in [0, 0.05) is 25.0 Å². The van der Waals surface area contributed by atoms with Crippen molar-refractivity contribution in [2.45, 2.75) is 83.7 Å². The molecule has 1 rings (SSSR count). The number of nitrogens with zero attached hydrogens (tertiary/aromatic N) is 1. The molecule has 106 valence electrons. The van der Waals surface area contributed by atoms with Gasteiger partial charge in [-0.15, -0.1) is 0 Å². The summed E-state index contributed by atoms with van der Waals surface area (Å²) in [6.45, 7) is 5.00. The Hall–Kier alpha value is -0.570. The topological polar surface area (TPSA) is 46.3 Å². The fourth-order valence-electron chi connectivity index (χ4n) is 2.98. The van der Waals surface area contributed by atoms with E-state index in [1.54, 1.807) is 0 Å². The molecule has 1 aliphatic heterocycles. The van der Waals surface area contributed by atoms with Gasteiger partial charge in [-0.3, -0.25) is 4.79 Å². The number of carbonyl (C=O) groups is 1. The fraction of sp³-hybridized carbons (Fsp3) is 0.933. The van der Waals surface area contributed by atoms with E-state index >= 15 is 0 Å². The molecule has 0 saturated carbocycles. The zero-order chi connectivity index (χ0) is 13.4. The summed E-state index contributed by atoms with van der Waals surface area (Å²) in [6.07, 6.45) is 10.2.